The summed E-state index contributed by atoms with van der Waals surface area (Å²) in [5.74, 6) is -0.370. The Bertz CT molecular complexity index is 1560. The van der Waals surface area contributed by atoms with Crippen LogP contribution in [0.1, 0.15) is 66.3 Å². The minimum Gasteiger partial charge on any atom is -0.348 e. The van der Waals surface area contributed by atoms with Gasteiger partial charge >= 0.3 is 0 Å². The third-order valence-corrected chi connectivity index (χ3v) is 9.45. The number of sulfonamides is 1. The molecule has 1 saturated carbocycles. The number of nitrogens with one attached hydrogen (secondary N) is 1. The van der Waals surface area contributed by atoms with E-state index >= 15 is 0 Å². The van der Waals surface area contributed by atoms with Crippen LogP contribution < -0.4 is 5.32 Å². The summed E-state index contributed by atoms with van der Waals surface area (Å²) in [5, 5.41) is 8.63. The number of carbonyl (C=O) groups excluding carboxylic acids is 1. The van der Waals surface area contributed by atoms with Crippen LogP contribution in [-0.4, -0.2) is 47.3 Å². The Kier molecular flexibility index (Phi) is 8.38. The van der Waals surface area contributed by atoms with Gasteiger partial charge in [-0.15, -0.1) is 0 Å². The third kappa shape index (κ3) is 6.12. The van der Waals surface area contributed by atoms with Crippen LogP contribution in [0.5, 0.6) is 0 Å². The number of fused-ring (bicyclic) bond motifs is 1. The summed E-state index contributed by atoms with van der Waals surface area (Å²) in [6.07, 6.45) is 8.53. The number of aromatic nitrogens is 2. The van der Waals surface area contributed by atoms with E-state index in [1.54, 1.807) is 41.1 Å². The van der Waals surface area contributed by atoms with E-state index in [0.29, 0.717) is 44.0 Å². The van der Waals surface area contributed by atoms with Gasteiger partial charge in [-0.25, -0.2) is 17.5 Å². The van der Waals surface area contributed by atoms with Crippen molar-refractivity contribution in [3.05, 3.63) is 80.8 Å². The van der Waals surface area contributed by atoms with Crippen LogP contribution in [0.2, 0.25) is 10.0 Å². The second-order valence-corrected chi connectivity index (χ2v) is 13.4. The lowest BCUT2D eigenvalue weighted by Crippen LogP contribution is -2.40. The van der Waals surface area contributed by atoms with Crippen LogP contribution in [0.3, 0.4) is 0 Å². The maximum absolute atomic E-state index is 13.7. The van der Waals surface area contributed by atoms with Gasteiger partial charge in [0.1, 0.15) is 5.82 Å². The molecule has 0 spiro atoms. The zero-order chi connectivity index (χ0) is 28.6. The Morgan fingerprint density at radius 3 is 2.45 bits per heavy atom. The number of hydrogen-bond acceptors (Lipinski definition) is 4. The highest BCUT2D eigenvalue weighted by Gasteiger charge is 2.36. The molecule has 2 heterocycles. The van der Waals surface area contributed by atoms with E-state index in [9.17, 15) is 17.6 Å². The van der Waals surface area contributed by atoms with Crippen molar-refractivity contribution in [3.8, 4) is 5.69 Å². The Labute approximate surface area is 244 Å². The Morgan fingerprint density at radius 2 is 1.80 bits per heavy atom. The van der Waals surface area contributed by atoms with E-state index in [4.69, 9.17) is 28.3 Å². The molecule has 3 aromatic rings. The first-order valence-corrected chi connectivity index (χ1v) is 15.9. The molecule has 2 aromatic carbocycles. The lowest BCUT2D eigenvalue weighted by molar-refractivity contribution is 0.0912. The van der Waals surface area contributed by atoms with E-state index in [1.807, 2.05) is 6.92 Å². The fourth-order valence-corrected chi connectivity index (χ4v) is 6.80. The van der Waals surface area contributed by atoms with E-state index in [2.05, 4.69) is 5.32 Å². The van der Waals surface area contributed by atoms with E-state index in [0.717, 1.165) is 31.9 Å². The molecule has 2 aliphatic rings. The van der Waals surface area contributed by atoms with Crippen molar-refractivity contribution in [2.24, 2.45) is 5.92 Å². The molecule has 1 fully saturated rings. The molecule has 40 heavy (non-hydrogen) atoms. The highest BCUT2D eigenvalue weighted by molar-refractivity contribution is 7.88. The summed E-state index contributed by atoms with van der Waals surface area (Å²) >= 11 is 12.8. The Hall–Kier alpha value is -2.72. The molecule has 1 N–H and O–H groups in total. The number of halogens is 3. The van der Waals surface area contributed by atoms with Crippen molar-refractivity contribution in [2.75, 3.05) is 12.8 Å². The van der Waals surface area contributed by atoms with Gasteiger partial charge in [-0.1, -0.05) is 54.6 Å². The van der Waals surface area contributed by atoms with Crippen LogP contribution in [0.25, 0.3) is 17.3 Å². The molecular weight excluding hydrogens is 574 g/mol. The van der Waals surface area contributed by atoms with Gasteiger partial charge in [0.25, 0.3) is 5.91 Å². The largest absolute Gasteiger partial charge is 0.348 e. The van der Waals surface area contributed by atoms with E-state index < -0.39 is 10.0 Å². The summed E-state index contributed by atoms with van der Waals surface area (Å²) in [5.41, 5.74) is 2.95. The monoisotopic (exact) mass is 604 g/mol. The van der Waals surface area contributed by atoms with Gasteiger partial charge in [0, 0.05) is 29.7 Å². The molecule has 0 radical (unpaired) electrons. The quantitative estimate of drug-likeness (QED) is 0.356. The van der Waals surface area contributed by atoms with E-state index in [1.165, 1.54) is 22.9 Å². The SMILES string of the molecule is C[C@@H](NC(=O)c1nn(-c2ccc(Cl)cc2Cl)c2c1CN(S(C)(=O)=O)CC2=Cc1ccc(F)cc1)C1CCCCC1. The molecule has 0 unspecified atom stereocenters. The van der Waals surface area contributed by atoms with Gasteiger partial charge in [-0.2, -0.15) is 9.40 Å². The van der Waals surface area contributed by atoms with Gasteiger partial charge in [0.05, 0.1) is 22.7 Å². The van der Waals surface area contributed by atoms with Gasteiger partial charge in [-0.05, 0) is 73.2 Å². The third-order valence-electron chi connectivity index (χ3n) is 7.72. The zero-order valence-electron chi connectivity index (χ0n) is 22.3. The van der Waals surface area contributed by atoms with Crippen LogP contribution in [0.15, 0.2) is 42.5 Å². The van der Waals surface area contributed by atoms with Crippen LogP contribution >= 0.6 is 23.2 Å². The number of nitrogens with zero attached hydrogens (tertiary/aromatic N) is 3. The van der Waals surface area contributed by atoms with Crippen molar-refractivity contribution in [1.29, 1.82) is 0 Å². The first kappa shape index (κ1) is 28.8. The standard InChI is InChI=1S/C29H31Cl2FN4O3S/c1-18(20-6-4-3-5-7-20)33-29(37)27-24-17-35(40(2,38)39)16-21(14-19-8-11-23(32)12-9-19)28(24)36(34-27)26-13-10-22(30)15-25(26)31/h8-15,18,20H,3-7,16-17H2,1-2H3,(H,33,37)/t18-/m1/s1. The number of hydrogen-bond donors (Lipinski definition) is 1. The minimum absolute atomic E-state index is 0.0271. The zero-order valence-corrected chi connectivity index (χ0v) is 24.7. The molecule has 1 aromatic heterocycles. The molecule has 5 rings (SSSR count). The topological polar surface area (TPSA) is 84.3 Å². The summed E-state index contributed by atoms with van der Waals surface area (Å²) in [6.45, 7) is 2.02. The molecule has 1 amide bonds. The number of benzene rings is 2. The Morgan fingerprint density at radius 1 is 1.10 bits per heavy atom. The minimum atomic E-state index is -3.63. The second-order valence-electron chi connectivity index (χ2n) is 10.6. The maximum atomic E-state index is 13.7. The smallest absolute Gasteiger partial charge is 0.272 e. The molecule has 1 atom stereocenters. The number of rotatable bonds is 6. The Balaban J connectivity index is 1.66. The fraction of sp³-hybridized carbons (Fsp3) is 0.379. The lowest BCUT2D eigenvalue weighted by Gasteiger charge is -2.29. The average Bonchev–Trinajstić information content (AvgIpc) is 3.30. The van der Waals surface area contributed by atoms with Crippen molar-refractivity contribution in [1.82, 2.24) is 19.4 Å². The van der Waals surface area contributed by atoms with Crippen molar-refractivity contribution in [3.63, 3.8) is 0 Å². The van der Waals surface area contributed by atoms with Crippen molar-refractivity contribution < 1.29 is 17.6 Å². The highest BCUT2D eigenvalue weighted by Crippen LogP contribution is 2.37. The van der Waals surface area contributed by atoms with Gasteiger partial charge in [0.15, 0.2) is 5.69 Å². The van der Waals surface area contributed by atoms with Gasteiger partial charge in [0.2, 0.25) is 10.0 Å². The van der Waals surface area contributed by atoms with Crippen molar-refractivity contribution in [2.45, 2.75) is 51.6 Å². The molecule has 0 saturated heterocycles. The van der Waals surface area contributed by atoms with Crippen LogP contribution in [0.4, 0.5) is 4.39 Å². The predicted molar refractivity (Wildman–Crippen MR) is 157 cm³/mol. The second kappa shape index (κ2) is 11.6. The molecule has 212 valence electrons. The number of amides is 1. The van der Waals surface area contributed by atoms with Crippen molar-refractivity contribution >= 4 is 50.8 Å². The molecular formula is C29H31Cl2FN4O3S. The predicted octanol–water partition coefficient (Wildman–Crippen LogP) is 6.33. The average molecular weight is 606 g/mol. The summed E-state index contributed by atoms with van der Waals surface area (Å²) < 4.78 is 42.0. The fourth-order valence-electron chi connectivity index (χ4n) is 5.57. The molecule has 7 nitrogen and oxygen atoms in total. The summed E-state index contributed by atoms with van der Waals surface area (Å²) in [4.78, 5) is 13.7. The molecule has 1 aliphatic heterocycles. The van der Waals surface area contributed by atoms with E-state index in [-0.39, 0.29) is 36.5 Å². The summed E-state index contributed by atoms with van der Waals surface area (Å²) in [7, 11) is -3.63. The molecule has 1 aliphatic carbocycles. The molecule has 0 bridgehead atoms. The van der Waals surface area contributed by atoms with Crippen LogP contribution in [0, 0.1) is 11.7 Å². The van der Waals surface area contributed by atoms with Crippen LogP contribution in [-0.2, 0) is 16.6 Å². The first-order valence-electron chi connectivity index (χ1n) is 13.3. The number of carbonyl (C=O) groups is 1. The van der Waals surface area contributed by atoms with Gasteiger partial charge < -0.3 is 5.32 Å². The summed E-state index contributed by atoms with van der Waals surface area (Å²) in [6, 6.07) is 10.8. The van der Waals surface area contributed by atoms with Gasteiger partial charge in [-0.3, -0.25) is 4.79 Å². The maximum Gasteiger partial charge on any atom is 0.272 e. The lowest BCUT2D eigenvalue weighted by atomic mass is 9.84. The first-order chi connectivity index (χ1) is 19.0. The normalized spacial score (nSPS) is 18.5. The molecule has 11 heteroatoms. The highest BCUT2D eigenvalue weighted by atomic mass is 35.5.